The molecule has 57 heavy (non-hydrogen) atoms. The Morgan fingerprint density at radius 3 is 1.28 bits per heavy atom. The quantitative estimate of drug-likeness (QED) is 0.156. The fourth-order valence-electron chi connectivity index (χ4n) is 11.0. The Hall–Kier alpha value is -7.28. The number of benzene rings is 11. The normalized spacial score (nSPS) is 13.4. The minimum atomic E-state index is -0.508. The second-order valence-corrected chi connectivity index (χ2v) is 15.9. The van der Waals surface area contributed by atoms with Crippen molar-refractivity contribution in [3.8, 4) is 44.5 Å². The zero-order valence-corrected chi connectivity index (χ0v) is 31.1. The fourth-order valence-corrected chi connectivity index (χ4v) is 11.0. The Kier molecular flexibility index (Phi) is 6.19. The van der Waals surface area contributed by atoms with Crippen LogP contribution in [0.25, 0.3) is 98.4 Å². The van der Waals surface area contributed by atoms with Crippen LogP contribution in [0.5, 0.6) is 0 Å². The maximum absolute atomic E-state index is 2.58. The minimum absolute atomic E-state index is 0.508. The third-order valence-corrected chi connectivity index (χ3v) is 13.2. The van der Waals surface area contributed by atoms with Gasteiger partial charge in [0.15, 0.2) is 0 Å². The van der Waals surface area contributed by atoms with Crippen molar-refractivity contribution in [3.05, 3.63) is 229 Å². The van der Waals surface area contributed by atoms with Gasteiger partial charge in [-0.15, -0.1) is 0 Å². The minimum Gasteiger partial charge on any atom is -0.0619 e. The number of hydrogen-bond acceptors (Lipinski definition) is 0. The van der Waals surface area contributed by atoms with E-state index in [0.717, 1.165) is 0 Å². The summed E-state index contributed by atoms with van der Waals surface area (Å²) < 4.78 is 0. The van der Waals surface area contributed by atoms with Crippen LogP contribution in [0, 0.1) is 0 Å². The van der Waals surface area contributed by atoms with E-state index in [1.807, 2.05) is 0 Å². The summed E-state index contributed by atoms with van der Waals surface area (Å²) in [6.07, 6.45) is 0. The summed E-state index contributed by atoms with van der Waals surface area (Å²) in [6.45, 7) is 0. The molecule has 13 rings (SSSR count). The smallest absolute Gasteiger partial charge is 0.0619 e. The maximum atomic E-state index is 2.58. The molecule has 11 aromatic carbocycles. The zero-order valence-electron chi connectivity index (χ0n) is 31.1. The summed E-state index contributed by atoms with van der Waals surface area (Å²) in [5.74, 6) is 0. The van der Waals surface area contributed by atoms with Crippen molar-refractivity contribution in [2.45, 2.75) is 5.41 Å². The molecule has 2 aliphatic carbocycles. The van der Waals surface area contributed by atoms with E-state index in [9.17, 15) is 0 Å². The fraction of sp³-hybridized carbons (Fsp3) is 0.0175. The van der Waals surface area contributed by atoms with Gasteiger partial charge in [0.25, 0.3) is 0 Å². The molecule has 0 saturated heterocycles. The van der Waals surface area contributed by atoms with Crippen molar-refractivity contribution in [2.75, 3.05) is 0 Å². The molecule has 0 nitrogen and oxygen atoms in total. The van der Waals surface area contributed by atoms with E-state index in [0.29, 0.717) is 0 Å². The lowest BCUT2D eigenvalue weighted by Crippen LogP contribution is -2.26. The van der Waals surface area contributed by atoms with Gasteiger partial charge in [0.05, 0.1) is 5.41 Å². The van der Waals surface area contributed by atoms with Crippen LogP contribution in [-0.4, -0.2) is 0 Å². The first-order chi connectivity index (χ1) is 28.3. The molecule has 0 bridgehead atoms. The van der Waals surface area contributed by atoms with Gasteiger partial charge in [-0.05, 0) is 145 Å². The Balaban J connectivity index is 1.19. The first-order valence-corrected chi connectivity index (χ1v) is 20.0. The second-order valence-electron chi connectivity index (χ2n) is 15.9. The van der Waals surface area contributed by atoms with E-state index in [1.54, 1.807) is 0 Å². The number of rotatable bonds is 2. The molecule has 11 aromatic rings. The lowest BCUT2D eigenvalue weighted by atomic mass is 9.69. The first-order valence-electron chi connectivity index (χ1n) is 20.0. The van der Waals surface area contributed by atoms with Crippen molar-refractivity contribution in [2.24, 2.45) is 0 Å². The van der Waals surface area contributed by atoms with Crippen LogP contribution in [-0.2, 0) is 5.41 Å². The molecule has 2 aliphatic rings. The van der Waals surface area contributed by atoms with Gasteiger partial charge in [0.2, 0.25) is 0 Å². The van der Waals surface area contributed by atoms with Gasteiger partial charge in [-0.2, -0.15) is 0 Å². The average molecular weight is 719 g/mol. The Morgan fingerprint density at radius 1 is 0.228 bits per heavy atom. The molecule has 0 aliphatic heterocycles. The standard InChI is InChI=1S/C57H34/c1-3-17-38-35(15-1)31-49(42-21-7-5-19-40(38)42)37-29-30-48-54(33-37)57(52-27-13-11-24-45(52)46-25-12-14-28-53(46)57)55-34-51(44-23-9-10-26-47(44)56(48)55)50-32-36-16-2-4-18-39(36)41-20-6-8-22-43(41)50/h1-34H. The third kappa shape index (κ3) is 4.02. The molecule has 0 saturated carbocycles. The highest BCUT2D eigenvalue weighted by molar-refractivity contribution is 6.19. The predicted molar refractivity (Wildman–Crippen MR) is 241 cm³/mol. The van der Waals surface area contributed by atoms with Gasteiger partial charge in [-0.3, -0.25) is 0 Å². The number of hydrogen-bond donors (Lipinski definition) is 0. The first kappa shape index (κ1) is 31.0. The highest BCUT2D eigenvalue weighted by Gasteiger charge is 2.52. The Labute approximate surface area is 330 Å². The van der Waals surface area contributed by atoms with Crippen LogP contribution in [0.4, 0.5) is 0 Å². The van der Waals surface area contributed by atoms with Crippen molar-refractivity contribution in [1.82, 2.24) is 0 Å². The number of fused-ring (bicyclic) bond motifs is 18. The summed E-state index contributed by atoms with van der Waals surface area (Å²) >= 11 is 0. The Bertz CT molecular complexity index is 3480. The van der Waals surface area contributed by atoms with Crippen LogP contribution in [0.2, 0.25) is 0 Å². The van der Waals surface area contributed by atoms with Gasteiger partial charge >= 0.3 is 0 Å². The largest absolute Gasteiger partial charge is 0.0726 e. The van der Waals surface area contributed by atoms with Gasteiger partial charge in [-0.1, -0.05) is 182 Å². The molecule has 0 aromatic heterocycles. The van der Waals surface area contributed by atoms with Crippen LogP contribution in [0.3, 0.4) is 0 Å². The molecule has 262 valence electrons. The van der Waals surface area contributed by atoms with Crippen LogP contribution >= 0.6 is 0 Å². The predicted octanol–water partition coefficient (Wildman–Crippen LogP) is 15.1. The van der Waals surface area contributed by atoms with Crippen LogP contribution in [0.1, 0.15) is 22.3 Å². The summed E-state index contributed by atoms with van der Waals surface area (Å²) in [6, 6.07) is 77.8. The lowest BCUT2D eigenvalue weighted by molar-refractivity contribution is 0.795. The monoisotopic (exact) mass is 718 g/mol. The van der Waals surface area contributed by atoms with Gasteiger partial charge in [-0.25, -0.2) is 0 Å². The van der Waals surface area contributed by atoms with Crippen LogP contribution < -0.4 is 0 Å². The van der Waals surface area contributed by atoms with E-state index >= 15 is 0 Å². The molecule has 1 spiro atoms. The average Bonchev–Trinajstić information content (AvgIpc) is 3.75. The molecule has 0 radical (unpaired) electrons. The van der Waals surface area contributed by atoms with Crippen molar-refractivity contribution < 1.29 is 0 Å². The molecule has 0 fully saturated rings. The SMILES string of the molecule is c1ccc2c(c1)-c1ccccc1C21c2cc(-c3cc4ccccc4c4ccccc34)ccc2-c2c1cc(-c1cc3ccccc3c3ccccc13)c1ccccc21. The summed E-state index contributed by atoms with van der Waals surface area (Å²) in [4.78, 5) is 0. The molecule has 0 heterocycles. The van der Waals surface area contributed by atoms with Crippen molar-refractivity contribution in [3.63, 3.8) is 0 Å². The van der Waals surface area contributed by atoms with Gasteiger partial charge in [0.1, 0.15) is 0 Å². The molecule has 0 amide bonds. The van der Waals surface area contributed by atoms with Gasteiger partial charge in [0, 0.05) is 0 Å². The maximum Gasteiger partial charge on any atom is 0.0726 e. The van der Waals surface area contributed by atoms with E-state index in [1.165, 1.54) is 121 Å². The summed E-state index contributed by atoms with van der Waals surface area (Å²) in [7, 11) is 0. The zero-order chi connectivity index (χ0) is 37.2. The summed E-state index contributed by atoms with van der Waals surface area (Å²) in [5, 5.41) is 12.8. The molecular weight excluding hydrogens is 685 g/mol. The topological polar surface area (TPSA) is 0 Å². The molecule has 0 atom stereocenters. The van der Waals surface area contributed by atoms with Crippen molar-refractivity contribution in [1.29, 1.82) is 0 Å². The Morgan fingerprint density at radius 2 is 0.667 bits per heavy atom. The third-order valence-electron chi connectivity index (χ3n) is 13.2. The molecule has 0 heteroatoms. The van der Waals surface area contributed by atoms with E-state index in [-0.39, 0.29) is 0 Å². The second kappa shape index (κ2) is 11.4. The van der Waals surface area contributed by atoms with E-state index in [2.05, 4.69) is 206 Å². The van der Waals surface area contributed by atoms with E-state index < -0.39 is 5.41 Å². The van der Waals surface area contributed by atoms with Crippen molar-refractivity contribution >= 4 is 53.9 Å². The summed E-state index contributed by atoms with van der Waals surface area (Å²) in [5.41, 5.74) is 15.3. The highest BCUT2D eigenvalue weighted by Crippen LogP contribution is 2.65. The molecule has 0 N–H and O–H groups in total. The molecule has 0 unspecified atom stereocenters. The molecular formula is C57H34. The highest BCUT2D eigenvalue weighted by atomic mass is 14.5. The van der Waals surface area contributed by atoms with Crippen LogP contribution in [0.15, 0.2) is 206 Å². The van der Waals surface area contributed by atoms with E-state index in [4.69, 9.17) is 0 Å². The van der Waals surface area contributed by atoms with Gasteiger partial charge < -0.3 is 0 Å². The lowest BCUT2D eigenvalue weighted by Gasteiger charge is -2.31.